The van der Waals surface area contributed by atoms with Crippen molar-refractivity contribution >= 4 is 11.8 Å². The Kier molecular flexibility index (Phi) is 5.76. The Morgan fingerprint density at radius 1 is 1.00 bits per heavy atom. The summed E-state index contributed by atoms with van der Waals surface area (Å²) >= 11 is 0. The Labute approximate surface area is 165 Å². The van der Waals surface area contributed by atoms with Gasteiger partial charge in [0, 0.05) is 32.2 Å². The highest BCUT2D eigenvalue weighted by Gasteiger charge is 2.36. The molecule has 148 valence electrons. The third kappa shape index (κ3) is 4.28. The van der Waals surface area contributed by atoms with Gasteiger partial charge in [0.1, 0.15) is 6.04 Å². The molecule has 2 aromatic rings. The van der Waals surface area contributed by atoms with E-state index < -0.39 is 0 Å². The van der Waals surface area contributed by atoms with Crippen molar-refractivity contribution in [1.82, 2.24) is 15.1 Å². The molecule has 0 spiro atoms. The van der Waals surface area contributed by atoms with Gasteiger partial charge in [0.15, 0.2) is 5.76 Å². The smallest absolute Gasteiger partial charge is 0.290 e. The molecule has 3 heterocycles. The number of hydrogen-bond donors (Lipinski definition) is 1. The van der Waals surface area contributed by atoms with Gasteiger partial charge in [-0.25, -0.2) is 0 Å². The number of carbonyl (C=O) groups is 2. The summed E-state index contributed by atoms with van der Waals surface area (Å²) in [7, 11) is 0. The first kappa shape index (κ1) is 18.7. The standard InChI is InChI=1S/C22H27N3O3/c26-21(19-8-4-12-25(19)22(27)20-9-5-15-28-20)23-18-10-13-24(14-11-18)16-17-6-2-1-3-7-17/h1-3,5-7,9,15,18-19H,4,8,10-14,16H2,(H,23,26). The minimum atomic E-state index is -0.389. The SMILES string of the molecule is O=C(NC1CCN(Cc2ccccc2)CC1)C1CCCN1C(=O)c1ccco1. The van der Waals surface area contributed by atoms with Crippen LogP contribution in [0.1, 0.15) is 41.8 Å². The zero-order valence-corrected chi connectivity index (χ0v) is 16.0. The van der Waals surface area contributed by atoms with E-state index in [-0.39, 0.29) is 23.9 Å². The number of benzene rings is 1. The van der Waals surface area contributed by atoms with Gasteiger partial charge < -0.3 is 14.6 Å². The summed E-state index contributed by atoms with van der Waals surface area (Å²) in [6.45, 7) is 3.50. The molecule has 2 aliphatic heterocycles. The fourth-order valence-electron chi connectivity index (χ4n) is 4.20. The van der Waals surface area contributed by atoms with E-state index >= 15 is 0 Å². The first-order valence-electron chi connectivity index (χ1n) is 10.1. The van der Waals surface area contributed by atoms with Gasteiger partial charge in [0.05, 0.1) is 6.26 Å². The molecular weight excluding hydrogens is 354 g/mol. The van der Waals surface area contributed by atoms with E-state index in [4.69, 9.17) is 4.42 Å². The topological polar surface area (TPSA) is 65.8 Å². The number of furan rings is 1. The molecule has 1 unspecified atom stereocenters. The lowest BCUT2D eigenvalue weighted by Crippen LogP contribution is -2.51. The Morgan fingerprint density at radius 2 is 1.79 bits per heavy atom. The van der Waals surface area contributed by atoms with E-state index in [0.717, 1.165) is 38.9 Å². The summed E-state index contributed by atoms with van der Waals surface area (Å²) in [5, 5.41) is 3.19. The second kappa shape index (κ2) is 8.61. The van der Waals surface area contributed by atoms with Gasteiger partial charge in [-0.05, 0) is 43.4 Å². The Morgan fingerprint density at radius 3 is 2.50 bits per heavy atom. The maximum Gasteiger partial charge on any atom is 0.290 e. The molecule has 0 bridgehead atoms. The molecule has 0 saturated carbocycles. The maximum atomic E-state index is 12.8. The van der Waals surface area contributed by atoms with Gasteiger partial charge in [0.25, 0.3) is 5.91 Å². The van der Waals surface area contributed by atoms with Crippen LogP contribution in [-0.4, -0.2) is 53.3 Å². The van der Waals surface area contributed by atoms with E-state index in [1.54, 1.807) is 17.0 Å². The van der Waals surface area contributed by atoms with Gasteiger partial charge in [-0.15, -0.1) is 0 Å². The van der Waals surface area contributed by atoms with Gasteiger partial charge in [-0.1, -0.05) is 30.3 Å². The highest BCUT2D eigenvalue weighted by atomic mass is 16.3. The average Bonchev–Trinajstić information content (AvgIpc) is 3.42. The number of carbonyl (C=O) groups excluding carboxylic acids is 2. The van der Waals surface area contributed by atoms with E-state index in [2.05, 4.69) is 34.5 Å². The normalized spacial score (nSPS) is 21.0. The lowest BCUT2D eigenvalue weighted by atomic mass is 10.0. The molecule has 6 nitrogen and oxygen atoms in total. The molecule has 1 atom stereocenters. The zero-order valence-electron chi connectivity index (χ0n) is 16.0. The van der Waals surface area contributed by atoms with Crippen LogP contribution in [0.15, 0.2) is 53.1 Å². The van der Waals surface area contributed by atoms with Crippen LogP contribution >= 0.6 is 0 Å². The number of nitrogens with zero attached hydrogens (tertiary/aromatic N) is 2. The highest BCUT2D eigenvalue weighted by Crippen LogP contribution is 2.22. The van der Waals surface area contributed by atoms with E-state index in [1.807, 2.05) is 6.07 Å². The number of piperidine rings is 1. The van der Waals surface area contributed by atoms with Gasteiger partial charge in [0.2, 0.25) is 5.91 Å². The van der Waals surface area contributed by atoms with Crippen molar-refractivity contribution in [2.75, 3.05) is 19.6 Å². The summed E-state index contributed by atoms with van der Waals surface area (Å²) in [6, 6.07) is 13.6. The molecule has 6 heteroatoms. The van der Waals surface area contributed by atoms with Crippen LogP contribution in [0.4, 0.5) is 0 Å². The fraction of sp³-hybridized carbons (Fsp3) is 0.455. The maximum absolute atomic E-state index is 12.8. The number of rotatable bonds is 5. The van der Waals surface area contributed by atoms with Crippen LogP contribution in [0.5, 0.6) is 0 Å². The molecule has 28 heavy (non-hydrogen) atoms. The number of amides is 2. The van der Waals surface area contributed by atoms with Gasteiger partial charge >= 0.3 is 0 Å². The quantitative estimate of drug-likeness (QED) is 0.865. The molecule has 0 aliphatic carbocycles. The van der Waals surface area contributed by atoms with Gasteiger partial charge in [-0.3, -0.25) is 14.5 Å². The third-order valence-electron chi connectivity index (χ3n) is 5.73. The first-order chi connectivity index (χ1) is 13.7. The van der Waals surface area contributed by atoms with Crippen molar-refractivity contribution in [3.8, 4) is 0 Å². The van der Waals surface area contributed by atoms with Crippen molar-refractivity contribution in [2.45, 2.75) is 44.3 Å². The Balaban J connectivity index is 1.27. The van der Waals surface area contributed by atoms with E-state index in [0.29, 0.717) is 18.7 Å². The molecule has 1 N–H and O–H groups in total. The van der Waals surface area contributed by atoms with Crippen molar-refractivity contribution < 1.29 is 14.0 Å². The second-order valence-electron chi connectivity index (χ2n) is 7.68. The van der Waals surface area contributed by atoms with E-state index in [9.17, 15) is 9.59 Å². The Bertz CT molecular complexity index is 783. The van der Waals surface area contributed by atoms with Crippen LogP contribution in [0.25, 0.3) is 0 Å². The summed E-state index contributed by atoms with van der Waals surface area (Å²) < 4.78 is 5.22. The molecule has 2 saturated heterocycles. The summed E-state index contributed by atoms with van der Waals surface area (Å²) in [6.07, 6.45) is 4.93. The monoisotopic (exact) mass is 381 g/mol. The molecule has 1 aromatic heterocycles. The summed E-state index contributed by atoms with van der Waals surface area (Å²) in [5.74, 6) is 0.0770. The van der Waals surface area contributed by atoms with Crippen LogP contribution < -0.4 is 5.32 Å². The number of hydrogen-bond acceptors (Lipinski definition) is 4. The molecule has 0 radical (unpaired) electrons. The molecule has 1 aromatic carbocycles. The van der Waals surface area contributed by atoms with Gasteiger partial charge in [-0.2, -0.15) is 0 Å². The molecule has 2 fully saturated rings. The number of likely N-dealkylation sites (tertiary alicyclic amines) is 2. The van der Waals surface area contributed by atoms with Crippen molar-refractivity contribution in [2.24, 2.45) is 0 Å². The molecule has 2 amide bonds. The lowest BCUT2D eigenvalue weighted by molar-refractivity contribution is -0.125. The third-order valence-corrected chi connectivity index (χ3v) is 5.73. The van der Waals surface area contributed by atoms with Crippen LogP contribution in [-0.2, 0) is 11.3 Å². The van der Waals surface area contributed by atoms with E-state index in [1.165, 1.54) is 11.8 Å². The van der Waals surface area contributed by atoms with Crippen LogP contribution in [0.3, 0.4) is 0 Å². The summed E-state index contributed by atoms with van der Waals surface area (Å²) in [4.78, 5) is 29.5. The lowest BCUT2D eigenvalue weighted by Gasteiger charge is -2.33. The van der Waals surface area contributed by atoms with Crippen molar-refractivity contribution in [3.63, 3.8) is 0 Å². The predicted molar refractivity (Wildman–Crippen MR) is 106 cm³/mol. The first-order valence-corrected chi connectivity index (χ1v) is 10.1. The highest BCUT2D eigenvalue weighted by molar-refractivity contribution is 5.96. The van der Waals surface area contributed by atoms with Crippen LogP contribution in [0, 0.1) is 0 Å². The average molecular weight is 381 g/mol. The van der Waals surface area contributed by atoms with Crippen LogP contribution in [0.2, 0.25) is 0 Å². The van der Waals surface area contributed by atoms with Crippen molar-refractivity contribution in [3.05, 3.63) is 60.1 Å². The summed E-state index contributed by atoms with van der Waals surface area (Å²) in [5.41, 5.74) is 1.32. The second-order valence-corrected chi connectivity index (χ2v) is 7.68. The zero-order chi connectivity index (χ0) is 19.3. The number of nitrogens with one attached hydrogen (secondary N) is 1. The largest absolute Gasteiger partial charge is 0.459 e. The molecule has 4 rings (SSSR count). The molecular formula is C22H27N3O3. The van der Waals surface area contributed by atoms with Crippen molar-refractivity contribution in [1.29, 1.82) is 0 Å². The fourth-order valence-corrected chi connectivity index (χ4v) is 4.20. The minimum Gasteiger partial charge on any atom is -0.459 e. The molecule has 2 aliphatic rings. The Hall–Kier alpha value is -2.60. The minimum absolute atomic E-state index is 0.0288. The predicted octanol–water partition coefficient (Wildman–Crippen LogP) is 2.67.